The van der Waals surface area contributed by atoms with E-state index in [1.165, 1.54) is 12.0 Å². The first kappa shape index (κ1) is 7.81. The van der Waals surface area contributed by atoms with Crippen LogP contribution in [0, 0.1) is 0 Å². The van der Waals surface area contributed by atoms with E-state index < -0.39 is 0 Å². The quantitative estimate of drug-likeness (QED) is 0.672. The minimum atomic E-state index is -0.104. The molecule has 64 valence electrons. The van der Waals surface area contributed by atoms with E-state index in [1.807, 2.05) is 18.2 Å². The molecule has 1 aliphatic carbocycles. The van der Waals surface area contributed by atoms with Crippen LogP contribution >= 0.6 is 0 Å². The molecule has 1 N–H and O–H groups in total. The first-order valence-electron chi connectivity index (χ1n) is 4.61. The second-order valence-electron chi connectivity index (χ2n) is 3.52. The van der Waals surface area contributed by atoms with Gasteiger partial charge < -0.3 is 5.11 Å². The second kappa shape index (κ2) is 3.28. The summed E-state index contributed by atoms with van der Waals surface area (Å²) < 4.78 is 0. The SMILES string of the molecule is OC1CCC[C@@H]1c1ccccc1. The molecular formula is C11H14O. The van der Waals surface area contributed by atoms with Gasteiger partial charge in [0.2, 0.25) is 0 Å². The van der Waals surface area contributed by atoms with Crippen molar-refractivity contribution in [3.05, 3.63) is 35.9 Å². The Kier molecular flexibility index (Phi) is 2.13. The molecule has 0 bridgehead atoms. The van der Waals surface area contributed by atoms with Crippen molar-refractivity contribution in [3.8, 4) is 0 Å². The molecule has 0 spiro atoms. The normalized spacial score (nSPS) is 29.1. The fourth-order valence-corrected chi connectivity index (χ4v) is 2.03. The molecule has 1 fully saturated rings. The van der Waals surface area contributed by atoms with Crippen molar-refractivity contribution < 1.29 is 5.11 Å². The van der Waals surface area contributed by atoms with Gasteiger partial charge in [-0.3, -0.25) is 0 Å². The van der Waals surface area contributed by atoms with Crippen LogP contribution in [0.5, 0.6) is 0 Å². The summed E-state index contributed by atoms with van der Waals surface area (Å²) in [5, 5.41) is 9.64. The minimum Gasteiger partial charge on any atom is -0.392 e. The Labute approximate surface area is 73.0 Å². The molecule has 0 saturated heterocycles. The summed E-state index contributed by atoms with van der Waals surface area (Å²) >= 11 is 0. The van der Waals surface area contributed by atoms with Gasteiger partial charge in [0.05, 0.1) is 6.10 Å². The molecular weight excluding hydrogens is 148 g/mol. The van der Waals surface area contributed by atoms with Crippen molar-refractivity contribution in [1.29, 1.82) is 0 Å². The Morgan fingerprint density at radius 2 is 1.83 bits per heavy atom. The van der Waals surface area contributed by atoms with Crippen molar-refractivity contribution >= 4 is 0 Å². The van der Waals surface area contributed by atoms with E-state index in [0.717, 1.165) is 12.8 Å². The summed E-state index contributed by atoms with van der Waals surface area (Å²) in [6, 6.07) is 10.3. The van der Waals surface area contributed by atoms with Gasteiger partial charge in [-0.05, 0) is 18.4 Å². The van der Waals surface area contributed by atoms with E-state index in [0.29, 0.717) is 5.92 Å². The van der Waals surface area contributed by atoms with Gasteiger partial charge >= 0.3 is 0 Å². The zero-order chi connectivity index (χ0) is 8.39. The van der Waals surface area contributed by atoms with Crippen LogP contribution in [0.3, 0.4) is 0 Å². The van der Waals surface area contributed by atoms with E-state index >= 15 is 0 Å². The highest BCUT2D eigenvalue weighted by Gasteiger charge is 2.25. The van der Waals surface area contributed by atoms with Gasteiger partial charge in [0.1, 0.15) is 0 Å². The van der Waals surface area contributed by atoms with Gasteiger partial charge in [-0.2, -0.15) is 0 Å². The summed E-state index contributed by atoms with van der Waals surface area (Å²) in [7, 11) is 0. The largest absolute Gasteiger partial charge is 0.392 e. The number of hydrogen-bond acceptors (Lipinski definition) is 1. The van der Waals surface area contributed by atoms with Crippen LogP contribution in [0.4, 0.5) is 0 Å². The lowest BCUT2D eigenvalue weighted by Crippen LogP contribution is -2.10. The van der Waals surface area contributed by atoms with Crippen LogP contribution in [0.25, 0.3) is 0 Å². The number of aliphatic hydroxyl groups is 1. The summed E-state index contributed by atoms with van der Waals surface area (Å²) in [5.41, 5.74) is 1.29. The van der Waals surface area contributed by atoms with Gasteiger partial charge in [0, 0.05) is 5.92 Å². The third kappa shape index (κ3) is 1.37. The Morgan fingerprint density at radius 3 is 2.42 bits per heavy atom. The Balaban J connectivity index is 2.19. The molecule has 1 aromatic rings. The predicted molar refractivity (Wildman–Crippen MR) is 49.0 cm³/mol. The molecule has 0 heterocycles. The van der Waals surface area contributed by atoms with Crippen LogP contribution in [0.15, 0.2) is 30.3 Å². The third-order valence-electron chi connectivity index (χ3n) is 2.71. The highest BCUT2D eigenvalue weighted by molar-refractivity contribution is 5.21. The maximum absolute atomic E-state index is 9.64. The van der Waals surface area contributed by atoms with Crippen LogP contribution in [0.2, 0.25) is 0 Å². The summed E-state index contributed by atoms with van der Waals surface area (Å²) in [5.74, 6) is 0.395. The highest BCUT2D eigenvalue weighted by Crippen LogP contribution is 2.34. The zero-order valence-corrected chi connectivity index (χ0v) is 7.11. The van der Waals surface area contributed by atoms with Crippen LogP contribution in [-0.4, -0.2) is 11.2 Å². The van der Waals surface area contributed by atoms with Crippen molar-refractivity contribution in [3.63, 3.8) is 0 Å². The fraction of sp³-hybridized carbons (Fsp3) is 0.455. The first-order chi connectivity index (χ1) is 5.88. The van der Waals surface area contributed by atoms with E-state index in [4.69, 9.17) is 0 Å². The molecule has 1 unspecified atom stereocenters. The molecule has 0 aromatic heterocycles. The smallest absolute Gasteiger partial charge is 0.0608 e. The molecule has 0 radical (unpaired) electrons. The van der Waals surface area contributed by atoms with Crippen molar-refractivity contribution in [2.75, 3.05) is 0 Å². The molecule has 1 heteroatoms. The van der Waals surface area contributed by atoms with Gasteiger partial charge in [0.15, 0.2) is 0 Å². The first-order valence-corrected chi connectivity index (χ1v) is 4.61. The molecule has 2 rings (SSSR count). The fourth-order valence-electron chi connectivity index (χ4n) is 2.03. The van der Waals surface area contributed by atoms with Gasteiger partial charge in [-0.1, -0.05) is 36.8 Å². The maximum atomic E-state index is 9.64. The molecule has 0 aliphatic heterocycles. The molecule has 1 saturated carbocycles. The Hall–Kier alpha value is -0.820. The number of rotatable bonds is 1. The van der Waals surface area contributed by atoms with Crippen LogP contribution in [-0.2, 0) is 0 Å². The number of benzene rings is 1. The topological polar surface area (TPSA) is 20.2 Å². The monoisotopic (exact) mass is 162 g/mol. The second-order valence-corrected chi connectivity index (χ2v) is 3.52. The summed E-state index contributed by atoms with van der Waals surface area (Å²) in [6.45, 7) is 0. The van der Waals surface area contributed by atoms with E-state index in [2.05, 4.69) is 12.1 Å². The lowest BCUT2D eigenvalue weighted by molar-refractivity contribution is 0.164. The molecule has 0 amide bonds. The van der Waals surface area contributed by atoms with Crippen molar-refractivity contribution in [2.24, 2.45) is 0 Å². The van der Waals surface area contributed by atoms with Gasteiger partial charge in [0.25, 0.3) is 0 Å². The van der Waals surface area contributed by atoms with E-state index in [1.54, 1.807) is 0 Å². The van der Waals surface area contributed by atoms with E-state index in [-0.39, 0.29) is 6.10 Å². The van der Waals surface area contributed by atoms with Crippen LogP contribution < -0.4 is 0 Å². The number of hydrogen-bond donors (Lipinski definition) is 1. The third-order valence-corrected chi connectivity index (χ3v) is 2.71. The maximum Gasteiger partial charge on any atom is 0.0608 e. The highest BCUT2D eigenvalue weighted by atomic mass is 16.3. The molecule has 1 aliphatic rings. The molecule has 1 nitrogen and oxygen atoms in total. The summed E-state index contributed by atoms with van der Waals surface area (Å²) in [6.07, 6.45) is 3.18. The van der Waals surface area contributed by atoms with Crippen molar-refractivity contribution in [2.45, 2.75) is 31.3 Å². The van der Waals surface area contributed by atoms with Crippen molar-refractivity contribution in [1.82, 2.24) is 0 Å². The summed E-state index contributed by atoms with van der Waals surface area (Å²) in [4.78, 5) is 0. The van der Waals surface area contributed by atoms with E-state index in [9.17, 15) is 5.11 Å². The molecule has 1 aromatic carbocycles. The molecule has 2 atom stereocenters. The Bertz CT molecular complexity index is 242. The Morgan fingerprint density at radius 1 is 1.08 bits per heavy atom. The lowest BCUT2D eigenvalue weighted by Gasteiger charge is -2.13. The number of aliphatic hydroxyl groups excluding tert-OH is 1. The minimum absolute atomic E-state index is 0.104. The zero-order valence-electron chi connectivity index (χ0n) is 7.11. The standard InChI is InChI=1S/C11H14O/c12-11-8-4-7-10(11)9-5-2-1-3-6-9/h1-3,5-6,10-12H,4,7-8H2/t10-,11?/m1/s1. The van der Waals surface area contributed by atoms with Crippen LogP contribution in [0.1, 0.15) is 30.7 Å². The van der Waals surface area contributed by atoms with Gasteiger partial charge in [-0.15, -0.1) is 0 Å². The average molecular weight is 162 g/mol. The predicted octanol–water partition coefficient (Wildman–Crippen LogP) is 2.32. The average Bonchev–Trinajstić information content (AvgIpc) is 2.53. The lowest BCUT2D eigenvalue weighted by atomic mass is 9.96. The molecule has 12 heavy (non-hydrogen) atoms. The van der Waals surface area contributed by atoms with Gasteiger partial charge in [-0.25, -0.2) is 0 Å².